The normalized spacial score (nSPS) is 18.5. The number of aromatic nitrogens is 1. The van der Waals surface area contributed by atoms with Crippen LogP contribution in [-0.4, -0.2) is 56.9 Å². The third-order valence-corrected chi connectivity index (χ3v) is 10.2. The van der Waals surface area contributed by atoms with Gasteiger partial charge in [-0.2, -0.15) is 4.73 Å². The van der Waals surface area contributed by atoms with Crippen LogP contribution in [-0.2, 0) is 22.4 Å². The second-order valence-electron chi connectivity index (χ2n) is 12.7. The Morgan fingerprint density at radius 2 is 1.63 bits per heavy atom. The summed E-state index contributed by atoms with van der Waals surface area (Å²) in [6.07, 6.45) is -0.312. The monoisotopic (exact) mass is 755 g/mol. The maximum Gasteiger partial charge on any atom is 0.414 e. The predicted molar refractivity (Wildman–Crippen MR) is 190 cm³/mol. The number of ether oxygens (including phenoxy) is 4. The SMILES string of the molecule is COc1ccc([C@H](Cc2c(Cl)c[n+]([O-])cc2Cl)OC(=O)c2ccc(CN(C(=O)O[C@H]3CN4CCC3CC4)c3cccc(C(F)F)c3)cc2)cc1OC. The van der Waals surface area contributed by atoms with Crippen LogP contribution in [0.25, 0.3) is 0 Å². The molecule has 0 radical (unpaired) electrons. The van der Waals surface area contributed by atoms with Crippen LogP contribution in [0.4, 0.5) is 19.3 Å². The van der Waals surface area contributed by atoms with Crippen molar-refractivity contribution in [3.8, 4) is 11.5 Å². The number of methoxy groups -OCH3 is 2. The van der Waals surface area contributed by atoms with Gasteiger partial charge in [-0.15, -0.1) is 0 Å². The van der Waals surface area contributed by atoms with Crippen molar-refractivity contribution in [2.45, 2.75) is 44.4 Å². The van der Waals surface area contributed by atoms with E-state index in [1.165, 1.54) is 37.3 Å². The Balaban J connectivity index is 1.23. The lowest BCUT2D eigenvalue weighted by Crippen LogP contribution is -2.53. The minimum Gasteiger partial charge on any atom is -0.619 e. The number of benzene rings is 3. The molecule has 3 aromatic carbocycles. The molecule has 3 aliphatic heterocycles. The minimum absolute atomic E-state index is 0.000933. The molecule has 3 aliphatic rings. The number of nitrogens with zero attached hydrogens (tertiary/aromatic N) is 3. The van der Waals surface area contributed by atoms with E-state index in [9.17, 15) is 23.6 Å². The zero-order chi connectivity index (χ0) is 36.9. The molecule has 2 atom stereocenters. The number of rotatable bonds is 12. The van der Waals surface area contributed by atoms with Crippen molar-refractivity contribution in [3.63, 3.8) is 0 Å². The molecule has 14 heteroatoms. The van der Waals surface area contributed by atoms with E-state index in [1.54, 1.807) is 48.5 Å². The lowest BCUT2D eigenvalue weighted by atomic mass is 9.86. The molecule has 3 fully saturated rings. The molecule has 0 N–H and O–H groups in total. The molecule has 7 rings (SSSR count). The van der Waals surface area contributed by atoms with Gasteiger partial charge in [-0.25, -0.2) is 18.4 Å². The number of carbonyl (C=O) groups is 2. The maximum absolute atomic E-state index is 13.7. The summed E-state index contributed by atoms with van der Waals surface area (Å²) in [7, 11) is 2.98. The number of pyridine rings is 1. The number of carbonyl (C=O) groups excluding carboxylic acids is 2. The summed E-state index contributed by atoms with van der Waals surface area (Å²) in [6.45, 7) is 2.58. The molecule has 274 valence electrons. The van der Waals surface area contributed by atoms with Gasteiger partial charge in [0.1, 0.15) is 22.3 Å². The number of hydrogen-bond acceptors (Lipinski definition) is 8. The van der Waals surface area contributed by atoms with E-state index in [1.807, 2.05) is 0 Å². The van der Waals surface area contributed by atoms with Crippen molar-refractivity contribution in [1.29, 1.82) is 0 Å². The van der Waals surface area contributed by atoms with Gasteiger partial charge in [0.05, 0.1) is 26.3 Å². The topological polar surface area (TPSA) is 104 Å². The van der Waals surface area contributed by atoms with Crippen LogP contribution >= 0.6 is 23.2 Å². The summed E-state index contributed by atoms with van der Waals surface area (Å²) in [5.41, 5.74) is 1.83. The molecule has 4 aromatic rings. The van der Waals surface area contributed by atoms with Crippen LogP contribution in [0.2, 0.25) is 10.0 Å². The molecule has 0 unspecified atom stereocenters. The Labute approximate surface area is 309 Å². The van der Waals surface area contributed by atoms with Crippen molar-refractivity contribution in [2.75, 3.05) is 38.8 Å². The first kappa shape index (κ1) is 37.1. The van der Waals surface area contributed by atoms with Gasteiger partial charge in [-0.05, 0) is 79.4 Å². The molecular formula is C38H37Cl2F2N3O7. The summed E-state index contributed by atoms with van der Waals surface area (Å²) in [6, 6.07) is 17.1. The lowest BCUT2D eigenvalue weighted by molar-refractivity contribution is -0.605. The number of fused-ring (bicyclic) bond motifs is 3. The Morgan fingerprint density at radius 1 is 0.942 bits per heavy atom. The molecule has 1 amide bonds. The van der Waals surface area contributed by atoms with Crippen LogP contribution in [0.15, 0.2) is 79.1 Å². The van der Waals surface area contributed by atoms with Crippen molar-refractivity contribution >= 4 is 41.0 Å². The molecule has 0 spiro atoms. The number of piperidine rings is 3. The first-order valence-electron chi connectivity index (χ1n) is 16.7. The van der Waals surface area contributed by atoms with Gasteiger partial charge in [-0.1, -0.05) is 53.5 Å². The number of anilines is 1. The van der Waals surface area contributed by atoms with Crippen LogP contribution < -0.4 is 19.1 Å². The molecule has 4 heterocycles. The Bertz CT molecular complexity index is 1890. The van der Waals surface area contributed by atoms with Crippen LogP contribution in [0.5, 0.6) is 11.5 Å². The third kappa shape index (κ3) is 8.52. The van der Waals surface area contributed by atoms with E-state index in [0.29, 0.717) is 39.5 Å². The van der Waals surface area contributed by atoms with E-state index in [0.717, 1.165) is 38.3 Å². The summed E-state index contributed by atoms with van der Waals surface area (Å²) in [4.78, 5) is 30.9. The Kier molecular flexibility index (Phi) is 11.7. The average Bonchev–Trinajstić information content (AvgIpc) is 3.15. The van der Waals surface area contributed by atoms with Crippen molar-refractivity contribution in [3.05, 3.63) is 122 Å². The number of esters is 1. The summed E-state index contributed by atoms with van der Waals surface area (Å²) in [5, 5.41) is 12.1. The molecule has 10 nitrogen and oxygen atoms in total. The number of alkyl halides is 2. The zero-order valence-electron chi connectivity index (χ0n) is 28.5. The lowest BCUT2D eigenvalue weighted by Gasteiger charge is -2.44. The summed E-state index contributed by atoms with van der Waals surface area (Å²) < 4.78 is 50.6. The molecule has 52 heavy (non-hydrogen) atoms. The van der Waals surface area contributed by atoms with E-state index in [-0.39, 0.29) is 51.8 Å². The number of halogens is 4. The van der Waals surface area contributed by atoms with E-state index in [4.69, 9.17) is 42.1 Å². The van der Waals surface area contributed by atoms with Crippen LogP contribution in [0.1, 0.15) is 58.0 Å². The van der Waals surface area contributed by atoms with Gasteiger partial charge in [0, 0.05) is 29.8 Å². The fourth-order valence-electron chi connectivity index (χ4n) is 6.64. The Hall–Kier alpha value is -4.65. The smallest absolute Gasteiger partial charge is 0.414 e. The summed E-state index contributed by atoms with van der Waals surface area (Å²) >= 11 is 12.8. The van der Waals surface area contributed by atoms with Crippen molar-refractivity contribution in [1.82, 2.24) is 4.90 Å². The van der Waals surface area contributed by atoms with Gasteiger partial charge in [-0.3, -0.25) is 9.80 Å². The van der Waals surface area contributed by atoms with Crippen molar-refractivity contribution in [2.24, 2.45) is 5.92 Å². The van der Waals surface area contributed by atoms with Gasteiger partial charge in [0.2, 0.25) is 0 Å². The van der Waals surface area contributed by atoms with E-state index in [2.05, 4.69) is 4.90 Å². The highest BCUT2D eigenvalue weighted by Gasteiger charge is 2.37. The quantitative estimate of drug-likeness (QED) is 0.0816. The average molecular weight is 757 g/mol. The predicted octanol–water partition coefficient (Wildman–Crippen LogP) is 7.96. The molecule has 2 bridgehead atoms. The van der Waals surface area contributed by atoms with Gasteiger partial charge < -0.3 is 24.2 Å². The Morgan fingerprint density at radius 3 is 2.25 bits per heavy atom. The second-order valence-corrected chi connectivity index (χ2v) is 13.6. The highest BCUT2D eigenvalue weighted by Crippen LogP contribution is 2.36. The van der Waals surface area contributed by atoms with Crippen molar-refractivity contribution < 1.29 is 42.0 Å². The molecule has 3 saturated heterocycles. The molecular weight excluding hydrogens is 719 g/mol. The summed E-state index contributed by atoms with van der Waals surface area (Å²) in [5.74, 6) is 0.464. The second kappa shape index (κ2) is 16.4. The molecule has 0 saturated carbocycles. The third-order valence-electron chi connectivity index (χ3n) is 9.51. The molecule has 0 aliphatic carbocycles. The van der Waals surface area contributed by atoms with Gasteiger partial charge in [0.25, 0.3) is 6.43 Å². The fraction of sp³-hybridized carbons (Fsp3) is 0.342. The van der Waals surface area contributed by atoms with E-state index < -0.39 is 24.6 Å². The van der Waals surface area contributed by atoms with Crippen LogP contribution in [0.3, 0.4) is 0 Å². The number of hydrogen-bond donors (Lipinski definition) is 0. The first-order valence-corrected chi connectivity index (χ1v) is 17.5. The molecule has 1 aromatic heterocycles. The van der Waals surface area contributed by atoms with E-state index >= 15 is 0 Å². The largest absolute Gasteiger partial charge is 0.619 e. The van der Waals surface area contributed by atoms with Crippen LogP contribution in [0, 0.1) is 11.1 Å². The fourth-order valence-corrected chi connectivity index (χ4v) is 7.24. The first-order chi connectivity index (χ1) is 25.0. The van der Waals surface area contributed by atoms with Gasteiger partial charge >= 0.3 is 12.1 Å². The number of amides is 1. The highest BCUT2D eigenvalue weighted by atomic mass is 35.5. The van der Waals surface area contributed by atoms with Gasteiger partial charge in [0.15, 0.2) is 23.9 Å². The minimum atomic E-state index is -2.72. The zero-order valence-corrected chi connectivity index (χ0v) is 30.0. The maximum atomic E-state index is 13.7. The standard InChI is InChI=1S/C38H37Cl2F2N3O7/c1-49-32-11-10-26(17-34(32)50-2)33(18-29-30(39)20-44(48)21-31(29)40)51-37(46)25-8-6-23(7-9-25)19-45(28-5-3-4-27(16-28)36(41)42)38(47)52-35-22-43-14-12-24(35)13-15-43/h3-11,16-17,20-21,24,33,35-36H,12-15,18-19,22H2,1-2H3/t33-,35-/m0/s1. The highest BCUT2D eigenvalue weighted by molar-refractivity contribution is 6.35.